The Bertz CT molecular complexity index is 1080. The highest BCUT2D eigenvalue weighted by atomic mass is 35.5. The van der Waals surface area contributed by atoms with Gasteiger partial charge in [-0.25, -0.2) is 4.79 Å². The van der Waals surface area contributed by atoms with Crippen LogP contribution < -0.4 is 5.32 Å². The number of benzene rings is 1. The lowest BCUT2D eigenvalue weighted by Gasteiger charge is -2.44. The molecule has 1 saturated carbocycles. The fraction of sp³-hybridized carbons (Fsp3) is 0.500. The number of nitrogens with one attached hydrogen (secondary N) is 1. The molecule has 2 heterocycles. The lowest BCUT2D eigenvalue weighted by molar-refractivity contribution is -0.134. The van der Waals surface area contributed by atoms with E-state index in [0.717, 1.165) is 31.2 Å². The van der Waals surface area contributed by atoms with Crippen LogP contribution in [-0.2, 0) is 22.6 Å². The third-order valence-corrected chi connectivity index (χ3v) is 7.19. The second kappa shape index (κ2) is 9.17. The van der Waals surface area contributed by atoms with Gasteiger partial charge in [0.25, 0.3) is 5.91 Å². The van der Waals surface area contributed by atoms with E-state index >= 15 is 0 Å². The highest BCUT2D eigenvalue weighted by Gasteiger charge is 2.48. The van der Waals surface area contributed by atoms with Crippen molar-refractivity contribution >= 4 is 29.4 Å². The number of hydrogen-bond acceptors (Lipinski definition) is 5. The molecule has 1 N–H and O–H groups in total. The summed E-state index contributed by atoms with van der Waals surface area (Å²) in [6.45, 7) is 4.24. The minimum atomic E-state index is -1.22. The van der Waals surface area contributed by atoms with Crippen molar-refractivity contribution in [2.45, 2.75) is 64.2 Å². The Hall–Kier alpha value is -2.87. The van der Waals surface area contributed by atoms with E-state index in [9.17, 15) is 14.4 Å². The zero-order chi connectivity index (χ0) is 23.8. The third kappa shape index (κ3) is 4.49. The van der Waals surface area contributed by atoms with Crippen LogP contribution in [0.2, 0.25) is 5.02 Å². The lowest BCUT2D eigenvalue weighted by atomic mass is 9.86. The van der Waals surface area contributed by atoms with Gasteiger partial charge in [-0.2, -0.15) is 5.10 Å². The summed E-state index contributed by atoms with van der Waals surface area (Å²) in [5, 5.41) is 7.94. The van der Waals surface area contributed by atoms with Gasteiger partial charge in [-0.15, -0.1) is 0 Å². The summed E-state index contributed by atoms with van der Waals surface area (Å²) in [5.41, 5.74) is -0.214. The van der Waals surface area contributed by atoms with Crippen LogP contribution in [0.15, 0.2) is 30.3 Å². The second-order valence-corrected chi connectivity index (χ2v) is 9.66. The van der Waals surface area contributed by atoms with Gasteiger partial charge in [0.2, 0.25) is 5.91 Å². The zero-order valence-electron chi connectivity index (χ0n) is 19.1. The van der Waals surface area contributed by atoms with E-state index in [1.165, 1.54) is 22.8 Å². The van der Waals surface area contributed by atoms with Crippen molar-refractivity contribution in [2.75, 3.05) is 7.11 Å². The monoisotopic (exact) mass is 472 g/mol. The topological polar surface area (TPSA) is 93.5 Å². The highest BCUT2D eigenvalue weighted by Crippen LogP contribution is 2.32. The maximum Gasteiger partial charge on any atom is 0.358 e. The first-order valence-electron chi connectivity index (χ1n) is 11.3. The molecular weight excluding hydrogens is 444 g/mol. The summed E-state index contributed by atoms with van der Waals surface area (Å²) >= 11 is 6.38. The predicted octanol–water partition coefficient (Wildman–Crippen LogP) is 3.43. The summed E-state index contributed by atoms with van der Waals surface area (Å²) in [5.74, 6) is -0.600. The minimum Gasteiger partial charge on any atom is -0.464 e. The fourth-order valence-electron chi connectivity index (χ4n) is 4.64. The van der Waals surface area contributed by atoms with Crippen molar-refractivity contribution in [3.8, 4) is 0 Å². The third-order valence-electron chi connectivity index (χ3n) is 6.82. The Morgan fingerprint density at radius 1 is 1.24 bits per heavy atom. The predicted molar refractivity (Wildman–Crippen MR) is 123 cm³/mol. The molecule has 0 spiro atoms. The molecule has 0 saturated heterocycles. The summed E-state index contributed by atoms with van der Waals surface area (Å²) < 4.78 is 6.19. The number of hydrogen-bond donors (Lipinski definition) is 1. The number of methoxy groups -OCH3 is 1. The van der Waals surface area contributed by atoms with Crippen molar-refractivity contribution in [1.29, 1.82) is 0 Å². The summed E-state index contributed by atoms with van der Waals surface area (Å²) in [6, 6.07) is 8.74. The smallest absolute Gasteiger partial charge is 0.358 e. The molecule has 1 aromatic carbocycles. The molecule has 2 amide bonds. The average molecular weight is 473 g/mol. The molecule has 2 aliphatic rings. The number of fused-ring (bicyclic) bond motifs is 1. The van der Waals surface area contributed by atoms with Crippen molar-refractivity contribution in [3.05, 3.63) is 52.3 Å². The number of carbonyl (C=O) groups excluding carboxylic acids is 3. The number of rotatable bonds is 5. The van der Waals surface area contributed by atoms with Gasteiger partial charge in [0, 0.05) is 23.7 Å². The van der Waals surface area contributed by atoms with Gasteiger partial charge in [-0.3, -0.25) is 14.3 Å². The molecule has 1 fully saturated rings. The van der Waals surface area contributed by atoms with E-state index in [1.807, 2.05) is 18.2 Å². The summed E-state index contributed by atoms with van der Waals surface area (Å²) in [7, 11) is 1.26. The number of ether oxygens (including phenoxy) is 1. The molecule has 1 aliphatic carbocycles. The molecule has 1 aliphatic heterocycles. The number of nitrogens with zero attached hydrogens (tertiary/aromatic N) is 3. The Labute approximate surface area is 198 Å². The van der Waals surface area contributed by atoms with E-state index < -0.39 is 17.4 Å². The van der Waals surface area contributed by atoms with Crippen LogP contribution in [0.25, 0.3) is 0 Å². The Balaban J connectivity index is 1.68. The van der Waals surface area contributed by atoms with Crippen molar-refractivity contribution in [3.63, 3.8) is 0 Å². The summed E-state index contributed by atoms with van der Waals surface area (Å²) in [4.78, 5) is 40.8. The maximum absolute atomic E-state index is 13.6. The first-order chi connectivity index (χ1) is 15.7. The van der Waals surface area contributed by atoms with E-state index in [0.29, 0.717) is 10.9 Å². The number of aromatic nitrogens is 2. The minimum absolute atomic E-state index is 0.0319. The Morgan fingerprint density at radius 3 is 2.61 bits per heavy atom. The van der Waals surface area contributed by atoms with E-state index in [-0.39, 0.29) is 36.4 Å². The number of carbonyl (C=O) groups is 3. The molecule has 8 nitrogen and oxygen atoms in total. The molecule has 1 unspecified atom stereocenters. The van der Waals surface area contributed by atoms with Gasteiger partial charge in [0.1, 0.15) is 11.2 Å². The van der Waals surface area contributed by atoms with Gasteiger partial charge < -0.3 is 15.0 Å². The molecular formula is C24H29ClN4O4. The molecule has 4 rings (SSSR count). The molecule has 1 atom stereocenters. The molecule has 176 valence electrons. The lowest BCUT2D eigenvalue weighted by Crippen LogP contribution is -2.64. The number of esters is 1. The zero-order valence-corrected chi connectivity index (χ0v) is 19.9. The molecule has 9 heteroatoms. The Kier molecular flexibility index (Phi) is 6.47. The summed E-state index contributed by atoms with van der Waals surface area (Å²) in [6.07, 6.45) is 3.97. The highest BCUT2D eigenvalue weighted by molar-refractivity contribution is 6.31. The van der Waals surface area contributed by atoms with Crippen molar-refractivity contribution in [2.24, 2.45) is 5.92 Å². The van der Waals surface area contributed by atoms with Crippen LogP contribution in [0.1, 0.15) is 66.1 Å². The first kappa shape index (κ1) is 23.3. The fourth-order valence-corrected chi connectivity index (χ4v) is 4.83. The standard InChI is InChI=1S/C24H29ClN4O4/c1-15-8-10-17(11-9-15)26-23(32)24(2)14-29-20(12-19(27-29)22(31)33-3)21(30)28(24)13-16-6-4-5-7-18(16)25/h4-7,12,15,17H,8-11,13-14H2,1-3H3,(H,26,32). The average Bonchev–Trinajstić information content (AvgIpc) is 3.22. The molecule has 2 aromatic rings. The van der Waals surface area contributed by atoms with Gasteiger partial charge in [0.15, 0.2) is 5.69 Å². The normalized spacial score (nSPS) is 24.8. The van der Waals surface area contributed by atoms with E-state index in [2.05, 4.69) is 17.3 Å². The molecule has 0 radical (unpaired) electrons. The number of halogens is 1. The van der Waals surface area contributed by atoms with Crippen LogP contribution >= 0.6 is 11.6 Å². The number of amides is 2. The molecule has 1 aromatic heterocycles. The van der Waals surface area contributed by atoms with Crippen LogP contribution in [0.4, 0.5) is 0 Å². The van der Waals surface area contributed by atoms with Crippen LogP contribution in [-0.4, -0.2) is 51.2 Å². The van der Waals surface area contributed by atoms with Gasteiger partial charge in [-0.05, 0) is 50.2 Å². The first-order valence-corrected chi connectivity index (χ1v) is 11.6. The van der Waals surface area contributed by atoms with Gasteiger partial charge in [-0.1, -0.05) is 36.7 Å². The van der Waals surface area contributed by atoms with Gasteiger partial charge in [0.05, 0.1) is 13.7 Å². The Morgan fingerprint density at radius 2 is 1.94 bits per heavy atom. The second-order valence-electron chi connectivity index (χ2n) is 9.25. The van der Waals surface area contributed by atoms with Crippen molar-refractivity contribution < 1.29 is 19.1 Å². The molecule has 0 bridgehead atoms. The van der Waals surface area contributed by atoms with Gasteiger partial charge >= 0.3 is 5.97 Å². The van der Waals surface area contributed by atoms with Crippen LogP contribution in [0.3, 0.4) is 0 Å². The van der Waals surface area contributed by atoms with E-state index in [1.54, 1.807) is 13.0 Å². The SMILES string of the molecule is COC(=O)c1cc2n(n1)CC(C)(C(=O)NC1CCC(C)CC1)N(Cc1ccccc1Cl)C2=O. The van der Waals surface area contributed by atoms with Crippen LogP contribution in [0.5, 0.6) is 0 Å². The maximum atomic E-state index is 13.6. The van der Waals surface area contributed by atoms with Crippen molar-refractivity contribution in [1.82, 2.24) is 20.0 Å². The quantitative estimate of drug-likeness (QED) is 0.673. The molecule has 33 heavy (non-hydrogen) atoms. The van der Waals surface area contributed by atoms with E-state index in [4.69, 9.17) is 16.3 Å². The van der Waals surface area contributed by atoms with Crippen LogP contribution in [0, 0.1) is 5.92 Å². The largest absolute Gasteiger partial charge is 0.464 e.